The first-order valence-electron chi connectivity index (χ1n) is 9.97. The second-order valence-electron chi connectivity index (χ2n) is 7.58. The Morgan fingerprint density at radius 1 is 1.00 bits per heavy atom. The van der Waals surface area contributed by atoms with Gasteiger partial charge in [0.2, 0.25) is 5.43 Å². The van der Waals surface area contributed by atoms with Crippen LogP contribution in [0.4, 0.5) is 0 Å². The minimum Gasteiger partial charge on any atom is -0.502 e. The van der Waals surface area contributed by atoms with Crippen molar-refractivity contribution in [3.8, 4) is 5.75 Å². The third kappa shape index (κ3) is 2.98. The van der Waals surface area contributed by atoms with E-state index in [4.69, 9.17) is 4.74 Å². The molecular weight excluding hydrogens is 382 g/mol. The Hall–Kier alpha value is -3.45. The van der Waals surface area contributed by atoms with Crippen LogP contribution in [0, 0.1) is 0 Å². The summed E-state index contributed by atoms with van der Waals surface area (Å²) in [5.74, 6) is -1.37. The number of rotatable bonds is 3. The van der Waals surface area contributed by atoms with Gasteiger partial charge in [0.05, 0.1) is 31.7 Å². The molecule has 3 aromatic rings. The van der Waals surface area contributed by atoms with E-state index in [0.29, 0.717) is 26.3 Å². The Bertz CT molecular complexity index is 1100. The van der Waals surface area contributed by atoms with Crippen molar-refractivity contribution in [1.29, 1.82) is 0 Å². The summed E-state index contributed by atoms with van der Waals surface area (Å²) in [7, 11) is 0. The summed E-state index contributed by atoms with van der Waals surface area (Å²) >= 11 is 0. The quantitative estimate of drug-likeness (QED) is 0.723. The van der Waals surface area contributed by atoms with Crippen LogP contribution in [-0.4, -0.2) is 51.5 Å². The number of hydrogen-bond donors (Lipinski definition) is 1. The van der Waals surface area contributed by atoms with E-state index < -0.39 is 17.1 Å². The fourth-order valence-electron chi connectivity index (χ4n) is 4.32. The lowest BCUT2D eigenvalue weighted by Gasteiger charge is -2.40. The largest absolute Gasteiger partial charge is 0.502 e. The lowest BCUT2D eigenvalue weighted by Crippen LogP contribution is -2.55. The monoisotopic (exact) mass is 403 g/mol. The summed E-state index contributed by atoms with van der Waals surface area (Å²) in [4.78, 5) is 27.8. The van der Waals surface area contributed by atoms with E-state index >= 15 is 0 Å². The second kappa shape index (κ2) is 7.42. The molecule has 1 N–H and O–H groups in total. The van der Waals surface area contributed by atoms with Crippen molar-refractivity contribution in [2.75, 3.05) is 19.8 Å². The Labute approximate surface area is 173 Å². The van der Waals surface area contributed by atoms with Crippen LogP contribution >= 0.6 is 0 Å². The molecule has 2 aromatic carbocycles. The molecule has 1 atom stereocenters. The van der Waals surface area contributed by atoms with Crippen molar-refractivity contribution in [3.05, 3.63) is 93.4 Å². The number of carbonyl (C=O) groups is 1. The van der Waals surface area contributed by atoms with Crippen LogP contribution in [0.2, 0.25) is 0 Å². The van der Waals surface area contributed by atoms with Gasteiger partial charge in [-0.1, -0.05) is 60.7 Å². The summed E-state index contributed by atoms with van der Waals surface area (Å²) in [6.07, 6.45) is 0. The molecule has 152 valence electrons. The molecule has 1 unspecified atom stereocenters. The summed E-state index contributed by atoms with van der Waals surface area (Å²) in [6, 6.07) is 19.0. The Balaban J connectivity index is 1.70. The minimum absolute atomic E-state index is 0.0400. The van der Waals surface area contributed by atoms with Crippen LogP contribution in [0.1, 0.15) is 33.2 Å². The molecule has 3 heterocycles. The maximum atomic E-state index is 13.2. The van der Waals surface area contributed by atoms with Crippen LogP contribution in [-0.2, 0) is 11.3 Å². The molecule has 0 spiro atoms. The van der Waals surface area contributed by atoms with E-state index in [2.05, 4.69) is 5.10 Å². The normalized spacial score (nSPS) is 18.2. The van der Waals surface area contributed by atoms with E-state index in [9.17, 15) is 14.7 Å². The van der Waals surface area contributed by atoms with Crippen LogP contribution in [0.5, 0.6) is 5.75 Å². The molecule has 0 aliphatic carbocycles. The first-order valence-corrected chi connectivity index (χ1v) is 9.97. The molecule has 30 heavy (non-hydrogen) atoms. The molecule has 7 heteroatoms. The van der Waals surface area contributed by atoms with Crippen molar-refractivity contribution < 1.29 is 14.6 Å². The number of amides is 1. The zero-order chi connectivity index (χ0) is 20.7. The maximum Gasteiger partial charge on any atom is 0.276 e. The minimum atomic E-state index is -0.612. The maximum absolute atomic E-state index is 13.2. The van der Waals surface area contributed by atoms with Gasteiger partial charge in [0.15, 0.2) is 11.4 Å². The lowest BCUT2D eigenvalue weighted by atomic mass is 9.88. The van der Waals surface area contributed by atoms with Gasteiger partial charge in [-0.25, -0.2) is 0 Å². The molecule has 1 saturated heterocycles. The number of carbonyl (C=O) groups excluding carboxylic acids is 1. The topological polar surface area (TPSA) is 84.7 Å². The SMILES string of the molecule is O=C1c2c(O)c(=O)c(C(c3ccccc3)c3ccccc3)nn2CC2COCCN12. The molecule has 0 saturated carbocycles. The number of fused-ring (bicyclic) bond motifs is 2. The average Bonchev–Trinajstić information content (AvgIpc) is 2.79. The van der Waals surface area contributed by atoms with E-state index in [0.717, 1.165) is 11.1 Å². The van der Waals surface area contributed by atoms with E-state index in [-0.39, 0.29) is 23.3 Å². The highest BCUT2D eigenvalue weighted by atomic mass is 16.5. The zero-order valence-electron chi connectivity index (χ0n) is 16.3. The average molecular weight is 403 g/mol. The first-order chi connectivity index (χ1) is 14.6. The molecule has 7 nitrogen and oxygen atoms in total. The summed E-state index contributed by atoms with van der Waals surface area (Å²) in [6.45, 7) is 1.67. The highest BCUT2D eigenvalue weighted by Crippen LogP contribution is 2.31. The molecule has 1 fully saturated rings. The number of aromatic hydroxyl groups is 1. The fourth-order valence-corrected chi connectivity index (χ4v) is 4.32. The molecule has 0 radical (unpaired) electrons. The highest BCUT2D eigenvalue weighted by molar-refractivity contribution is 5.96. The van der Waals surface area contributed by atoms with Crippen molar-refractivity contribution in [1.82, 2.24) is 14.7 Å². The Morgan fingerprint density at radius 2 is 1.63 bits per heavy atom. The smallest absolute Gasteiger partial charge is 0.276 e. The number of ether oxygens (including phenoxy) is 1. The van der Waals surface area contributed by atoms with Gasteiger partial charge < -0.3 is 14.7 Å². The lowest BCUT2D eigenvalue weighted by molar-refractivity contribution is -0.0159. The molecule has 2 aliphatic heterocycles. The highest BCUT2D eigenvalue weighted by Gasteiger charge is 2.39. The van der Waals surface area contributed by atoms with Crippen LogP contribution in [0.25, 0.3) is 0 Å². The Kier molecular flexibility index (Phi) is 4.59. The van der Waals surface area contributed by atoms with Gasteiger partial charge in [0, 0.05) is 6.54 Å². The second-order valence-corrected chi connectivity index (χ2v) is 7.58. The Morgan fingerprint density at radius 3 is 2.27 bits per heavy atom. The van der Waals surface area contributed by atoms with Crippen molar-refractivity contribution in [2.45, 2.75) is 18.5 Å². The van der Waals surface area contributed by atoms with Gasteiger partial charge in [-0.2, -0.15) is 5.10 Å². The fraction of sp³-hybridized carbons (Fsp3) is 0.261. The van der Waals surface area contributed by atoms with Crippen molar-refractivity contribution in [2.24, 2.45) is 0 Å². The third-order valence-electron chi connectivity index (χ3n) is 5.77. The van der Waals surface area contributed by atoms with E-state index in [1.807, 2.05) is 60.7 Å². The summed E-state index contributed by atoms with van der Waals surface area (Å²) in [5.41, 5.74) is 1.32. The van der Waals surface area contributed by atoms with Gasteiger partial charge >= 0.3 is 0 Å². The molecule has 1 amide bonds. The summed E-state index contributed by atoms with van der Waals surface area (Å²) in [5, 5.41) is 15.4. The van der Waals surface area contributed by atoms with Crippen LogP contribution in [0.15, 0.2) is 65.5 Å². The molecular formula is C23H21N3O4. The van der Waals surface area contributed by atoms with E-state index in [1.165, 1.54) is 4.68 Å². The van der Waals surface area contributed by atoms with Gasteiger partial charge in [0.25, 0.3) is 5.91 Å². The molecule has 2 aliphatic rings. The van der Waals surface area contributed by atoms with Crippen molar-refractivity contribution >= 4 is 5.91 Å². The molecule has 5 rings (SSSR count). The third-order valence-corrected chi connectivity index (χ3v) is 5.77. The van der Waals surface area contributed by atoms with Gasteiger partial charge in [0.1, 0.15) is 5.69 Å². The number of nitrogens with zero attached hydrogens (tertiary/aromatic N) is 3. The number of morpholine rings is 1. The standard InChI is InChI=1S/C23H21N3O4/c27-21-19(18(15-7-3-1-4-8-15)16-9-5-2-6-10-16)24-26-13-17-14-30-12-11-25(17)23(29)20(26)22(21)28/h1-10,17-18,28H,11-14H2. The van der Waals surface area contributed by atoms with Gasteiger partial charge in [-0.15, -0.1) is 0 Å². The summed E-state index contributed by atoms with van der Waals surface area (Å²) < 4.78 is 6.99. The van der Waals surface area contributed by atoms with E-state index in [1.54, 1.807) is 4.90 Å². The number of aromatic nitrogens is 2. The van der Waals surface area contributed by atoms with Gasteiger partial charge in [-0.3, -0.25) is 14.3 Å². The number of benzene rings is 2. The first kappa shape index (κ1) is 18.6. The van der Waals surface area contributed by atoms with Crippen molar-refractivity contribution in [3.63, 3.8) is 0 Å². The van der Waals surface area contributed by atoms with Gasteiger partial charge in [-0.05, 0) is 11.1 Å². The van der Waals surface area contributed by atoms with Crippen LogP contribution < -0.4 is 5.43 Å². The molecule has 0 bridgehead atoms. The zero-order valence-corrected chi connectivity index (χ0v) is 16.3. The van der Waals surface area contributed by atoms with Crippen LogP contribution in [0.3, 0.4) is 0 Å². The predicted octanol–water partition coefficient (Wildman–Crippen LogP) is 1.98. The number of hydrogen-bond acceptors (Lipinski definition) is 5. The predicted molar refractivity (Wildman–Crippen MR) is 110 cm³/mol. The molecule has 1 aromatic heterocycles.